The van der Waals surface area contributed by atoms with Crippen molar-refractivity contribution >= 4 is 0 Å². The number of nitrogens with zero attached hydrogens (tertiary/aromatic N) is 2. The van der Waals surface area contributed by atoms with E-state index in [1.54, 1.807) is 6.33 Å². The number of hydrogen-bond acceptors (Lipinski definition) is 4. The first kappa shape index (κ1) is 9.64. The quantitative estimate of drug-likeness (QED) is 0.670. The van der Waals surface area contributed by atoms with E-state index in [-0.39, 0.29) is 6.04 Å². The third-order valence-electron chi connectivity index (χ3n) is 2.35. The first-order valence-electron chi connectivity index (χ1n) is 4.72. The molecule has 0 spiro atoms. The van der Waals surface area contributed by atoms with Crippen molar-refractivity contribution in [3.8, 4) is 0 Å². The predicted octanol–water partition coefficient (Wildman–Crippen LogP) is -0.731. The Hall–Kier alpha value is -0.910. The van der Waals surface area contributed by atoms with Gasteiger partial charge in [-0.05, 0) is 0 Å². The average molecular weight is 197 g/mol. The van der Waals surface area contributed by atoms with Crippen LogP contribution in [0.15, 0.2) is 12.5 Å². The zero-order valence-electron chi connectivity index (χ0n) is 8.18. The van der Waals surface area contributed by atoms with E-state index in [9.17, 15) is 5.11 Å². The van der Waals surface area contributed by atoms with Crippen LogP contribution in [0.1, 0.15) is 5.69 Å². The molecule has 0 amide bonds. The summed E-state index contributed by atoms with van der Waals surface area (Å²) < 4.78 is 7.03. The maximum Gasteiger partial charge on any atom is 0.0948 e. The fourth-order valence-corrected chi connectivity index (χ4v) is 1.53. The molecule has 2 atom stereocenters. The molecule has 0 bridgehead atoms. The molecule has 1 aromatic heterocycles. The Balaban J connectivity index is 1.82. The SMILES string of the molecule is Cn1cnc(CN[C@@H]2COC[C@H]2O)c1. The molecule has 2 rings (SSSR count). The maximum absolute atomic E-state index is 9.46. The molecular formula is C9H15N3O2. The fraction of sp³-hybridized carbons (Fsp3) is 0.667. The van der Waals surface area contributed by atoms with Gasteiger partial charge < -0.3 is 19.7 Å². The van der Waals surface area contributed by atoms with Crippen molar-refractivity contribution < 1.29 is 9.84 Å². The second kappa shape index (κ2) is 4.08. The summed E-state index contributed by atoms with van der Waals surface area (Å²) >= 11 is 0. The molecule has 2 N–H and O–H groups in total. The lowest BCUT2D eigenvalue weighted by molar-refractivity contribution is 0.122. The third kappa shape index (κ3) is 2.12. The number of nitrogens with one attached hydrogen (secondary N) is 1. The molecule has 1 aromatic rings. The van der Waals surface area contributed by atoms with Crippen LogP contribution in [0.3, 0.4) is 0 Å². The van der Waals surface area contributed by atoms with Crippen LogP contribution in [-0.2, 0) is 18.3 Å². The molecule has 5 nitrogen and oxygen atoms in total. The van der Waals surface area contributed by atoms with E-state index in [0.717, 1.165) is 5.69 Å². The normalized spacial score (nSPS) is 27.0. The topological polar surface area (TPSA) is 59.3 Å². The van der Waals surface area contributed by atoms with Crippen LogP contribution < -0.4 is 5.32 Å². The van der Waals surface area contributed by atoms with Crippen LogP contribution in [0.2, 0.25) is 0 Å². The number of aliphatic hydroxyl groups is 1. The number of ether oxygens (including phenoxy) is 1. The fourth-order valence-electron chi connectivity index (χ4n) is 1.53. The van der Waals surface area contributed by atoms with Gasteiger partial charge in [0.1, 0.15) is 0 Å². The van der Waals surface area contributed by atoms with Gasteiger partial charge in [-0.25, -0.2) is 4.98 Å². The Bertz CT molecular complexity index is 300. The number of rotatable bonds is 3. The lowest BCUT2D eigenvalue weighted by Gasteiger charge is -2.12. The molecule has 0 radical (unpaired) electrons. The van der Waals surface area contributed by atoms with Crippen molar-refractivity contribution in [2.75, 3.05) is 13.2 Å². The highest BCUT2D eigenvalue weighted by atomic mass is 16.5. The smallest absolute Gasteiger partial charge is 0.0948 e. The zero-order valence-corrected chi connectivity index (χ0v) is 8.18. The number of aromatic nitrogens is 2. The molecule has 2 heterocycles. The molecule has 0 aliphatic carbocycles. The van der Waals surface area contributed by atoms with Crippen molar-refractivity contribution in [3.63, 3.8) is 0 Å². The van der Waals surface area contributed by atoms with Gasteiger partial charge in [-0.1, -0.05) is 0 Å². The van der Waals surface area contributed by atoms with E-state index in [4.69, 9.17) is 4.74 Å². The molecule has 14 heavy (non-hydrogen) atoms. The Labute approximate surface area is 82.7 Å². The molecule has 1 aliphatic heterocycles. The van der Waals surface area contributed by atoms with Crippen molar-refractivity contribution in [2.24, 2.45) is 7.05 Å². The Morgan fingerprint density at radius 2 is 2.57 bits per heavy atom. The molecule has 5 heteroatoms. The molecule has 0 saturated carbocycles. The van der Waals surface area contributed by atoms with E-state index < -0.39 is 6.10 Å². The van der Waals surface area contributed by atoms with Gasteiger partial charge >= 0.3 is 0 Å². The molecule has 1 saturated heterocycles. The molecule has 78 valence electrons. The minimum Gasteiger partial charge on any atom is -0.389 e. The average Bonchev–Trinajstić information content (AvgIpc) is 2.72. The van der Waals surface area contributed by atoms with Crippen molar-refractivity contribution in [2.45, 2.75) is 18.7 Å². The second-order valence-electron chi connectivity index (χ2n) is 3.62. The van der Waals surface area contributed by atoms with Crippen LogP contribution in [0.5, 0.6) is 0 Å². The highest BCUT2D eigenvalue weighted by Crippen LogP contribution is 2.05. The number of aryl methyl sites for hydroxylation is 1. The Kier molecular flexibility index (Phi) is 2.81. The largest absolute Gasteiger partial charge is 0.389 e. The first-order chi connectivity index (χ1) is 6.75. The second-order valence-corrected chi connectivity index (χ2v) is 3.62. The summed E-state index contributed by atoms with van der Waals surface area (Å²) in [7, 11) is 1.93. The van der Waals surface area contributed by atoms with Crippen LogP contribution in [0, 0.1) is 0 Å². The highest BCUT2D eigenvalue weighted by molar-refractivity contribution is 4.96. The molecular weight excluding hydrogens is 182 g/mol. The lowest BCUT2D eigenvalue weighted by Crippen LogP contribution is -2.38. The van der Waals surface area contributed by atoms with Gasteiger partial charge in [-0.15, -0.1) is 0 Å². The zero-order chi connectivity index (χ0) is 9.97. The first-order valence-corrected chi connectivity index (χ1v) is 4.72. The Morgan fingerprint density at radius 1 is 1.71 bits per heavy atom. The highest BCUT2D eigenvalue weighted by Gasteiger charge is 2.25. The molecule has 1 fully saturated rings. The number of imidazole rings is 1. The maximum atomic E-state index is 9.46. The van der Waals surface area contributed by atoms with Crippen molar-refractivity contribution in [1.82, 2.24) is 14.9 Å². The van der Waals surface area contributed by atoms with Crippen molar-refractivity contribution in [3.05, 3.63) is 18.2 Å². The van der Waals surface area contributed by atoms with Crippen LogP contribution >= 0.6 is 0 Å². The van der Waals surface area contributed by atoms with Gasteiger partial charge in [-0.3, -0.25) is 0 Å². The van der Waals surface area contributed by atoms with E-state index in [0.29, 0.717) is 19.8 Å². The molecule has 1 aliphatic rings. The van der Waals surface area contributed by atoms with Gasteiger partial charge in [0.15, 0.2) is 0 Å². The third-order valence-corrected chi connectivity index (χ3v) is 2.35. The van der Waals surface area contributed by atoms with Crippen molar-refractivity contribution in [1.29, 1.82) is 0 Å². The minimum absolute atomic E-state index is 0.0389. The van der Waals surface area contributed by atoms with E-state index in [2.05, 4.69) is 10.3 Å². The number of aliphatic hydroxyl groups excluding tert-OH is 1. The summed E-state index contributed by atoms with van der Waals surface area (Å²) in [5, 5.41) is 12.7. The van der Waals surface area contributed by atoms with Crippen LogP contribution in [0.25, 0.3) is 0 Å². The summed E-state index contributed by atoms with van der Waals surface area (Å²) in [4.78, 5) is 4.18. The lowest BCUT2D eigenvalue weighted by atomic mass is 10.2. The predicted molar refractivity (Wildman–Crippen MR) is 50.7 cm³/mol. The Morgan fingerprint density at radius 3 is 3.14 bits per heavy atom. The van der Waals surface area contributed by atoms with E-state index in [1.807, 2.05) is 17.8 Å². The van der Waals surface area contributed by atoms with Crippen LogP contribution in [0.4, 0.5) is 0 Å². The van der Waals surface area contributed by atoms with E-state index >= 15 is 0 Å². The number of hydrogen-bond donors (Lipinski definition) is 2. The van der Waals surface area contributed by atoms with Gasteiger partial charge in [0.05, 0.1) is 37.4 Å². The minimum atomic E-state index is -0.390. The summed E-state index contributed by atoms with van der Waals surface area (Å²) in [5.41, 5.74) is 0.978. The van der Waals surface area contributed by atoms with Gasteiger partial charge in [0, 0.05) is 19.8 Å². The summed E-state index contributed by atoms with van der Waals surface area (Å²) in [6, 6.07) is 0.0389. The summed E-state index contributed by atoms with van der Waals surface area (Å²) in [6.07, 6.45) is 3.33. The monoisotopic (exact) mass is 197 g/mol. The summed E-state index contributed by atoms with van der Waals surface area (Å²) in [5.74, 6) is 0. The standard InChI is InChI=1S/C9H15N3O2/c1-12-3-7(11-6-12)2-10-8-4-14-5-9(8)13/h3,6,8-10,13H,2,4-5H2,1H3/t8-,9-/m1/s1. The van der Waals surface area contributed by atoms with Crippen LogP contribution in [-0.4, -0.2) is 40.0 Å². The molecule has 0 unspecified atom stereocenters. The van der Waals surface area contributed by atoms with Gasteiger partial charge in [-0.2, -0.15) is 0 Å². The van der Waals surface area contributed by atoms with Gasteiger partial charge in [0.25, 0.3) is 0 Å². The van der Waals surface area contributed by atoms with E-state index in [1.165, 1.54) is 0 Å². The molecule has 0 aromatic carbocycles. The summed E-state index contributed by atoms with van der Waals surface area (Å²) in [6.45, 7) is 1.68. The van der Waals surface area contributed by atoms with Gasteiger partial charge in [0.2, 0.25) is 0 Å².